The van der Waals surface area contributed by atoms with E-state index in [0.29, 0.717) is 27.5 Å². The molecule has 1 heterocycles. The number of aryl methyl sites for hydroxylation is 2. The molecule has 0 spiro atoms. The van der Waals surface area contributed by atoms with Crippen molar-refractivity contribution in [3.05, 3.63) is 91.1 Å². The van der Waals surface area contributed by atoms with Crippen LogP contribution in [0.3, 0.4) is 0 Å². The van der Waals surface area contributed by atoms with Crippen LogP contribution in [0.25, 0.3) is 22.3 Å². The fraction of sp³-hybridized carbons (Fsp3) is 0.167. The largest absolute Gasteiger partial charge is 0.483 e. The molecule has 2 N–H and O–H groups in total. The lowest BCUT2D eigenvalue weighted by Crippen LogP contribution is -2.13. The monoisotopic (exact) mass is 498 g/mol. The van der Waals surface area contributed by atoms with Crippen LogP contribution in [0.4, 0.5) is 0 Å². The Labute approximate surface area is 192 Å². The highest BCUT2D eigenvalue weighted by molar-refractivity contribution is 9.10. The minimum atomic E-state index is -0.492. The highest BCUT2D eigenvalue weighted by Crippen LogP contribution is 2.33. The van der Waals surface area contributed by atoms with Crippen molar-refractivity contribution in [3.63, 3.8) is 0 Å². The van der Waals surface area contributed by atoms with Crippen molar-refractivity contribution in [1.29, 1.82) is 0 Å². The van der Waals surface area contributed by atoms with Gasteiger partial charge in [-0.15, -0.1) is 0 Å². The zero-order valence-corrected chi connectivity index (χ0v) is 19.3. The Balaban J connectivity index is 1.72. The Hall–Kier alpha value is -2.67. The molecule has 7 heteroatoms. The fourth-order valence-electron chi connectivity index (χ4n) is 3.57. The third kappa shape index (κ3) is 4.37. The number of fused-ring (bicyclic) bond motifs is 1. The second-order valence-corrected chi connectivity index (χ2v) is 8.65. The lowest BCUT2D eigenvalue weighted by molar-refractivity contribution is 0.115. The van der Waals surface area contributed by atoms with E-state index in [1.54, 1.807) is 18.2 Å². The van der Waals surface area contributed by atoms with Crippen molar-refractivity contribution in [2.75, 3.05) is 6.61 Å². The molecule has 1 atom stereocenters. The van der Waals surface area contributed by atoms with E-state index in [1.165, 1.54) is 0 Å². The maximum absolute atomic E-state index is 12.5. The molecule has 158 valence electrons. The van der Waals surface area contributed by atoms with Crippen LogP contribution < -0.4 is 10.3 Å². The summed E-state index contributed by atoms with van der Waals surface area (Å²) in [6.07, 6.45) is -0.492. The number of aromatic nitrogens is 2. The zero-order chi connectivity index (χ0) is 22.1. The van der Waals surface area contributed by atoms with Crippen LogP contribution >= 0.6 is 27.5 Å². The van der Waals surface area contributed by atoms with Crippen molar-refractivity contribution in [3.8, 4) is 17.1 Å². The minimum absolute atomic E-state index is 0.152. The Bertz CT molecular complexity index is 1300. The van der Waals surface area contributed by atoms with E-state index in [-0.39, 0.29) is 12.2 Å². The molecule has 0 aliphatic rings. The van der Waals surface area contributed by atoms with Crippen molar-refractivity contribution >= 4 is 38.4 Å². The lowest BCUT2D eigenvalue weighted by atomic mass is 10.0. The number of aromatic amines is 1. The van der Waals surface area contributed by atoms with Crippen molar-refractivity contribution in [2.45, 2.75) is 20.0 Å². The predicted molar refractivity (Wildman–Crippen MR) is 127 cm³/mol. The van der Waals surface area contributed by atoms with E-state index in [4.69, 9.17) is 16.3 Å². The molecule has 3 aromatic carbocycles. The molecule has 0 saturated carbocycles. The summed E-state index contributed by atoms with van der Waals surface area (Å²) in [5.74, 6) is 1.13. The second-order valence-electron chi connectivity index (χ2n) is 7.33. The predicted octanol–water partition coefficient (Wildman–Crippen LogP) is 5.74. The first-order chi connectivity index (χ1) is 14.9. The number of halogens is 2. The molecular weight excluding hydrogens is 480 g/mol. The molecular formula is C24H20BrClN2O3. The van der Waals surface area contributed by atoms with Gasteiger partial charge in [-0.05, 0) is 66.9 Å². The topological polar surface area (TPSA) is 75.2 Å². The number of hydrogen-bond acceptors (Lipinski definition) is 4. The third-order valence-corrected chi connectivity index (χ3v) is 5.92. The Morgan fingerprint density at radius 2 is 1.81 bits per heavy atom. The molecule has 4 aromatic rings. The number of aliphatic hydroxyl groups excluding tert-OH is 1. The molecule has 5 nitrogen and oxygen atoms in total. The van der Waals surface area contributed by atoms with E-state index in [0.717, 1.165) is 26.7 Å². The van der Waals surface area contributed by atoms with Gasteiger partial charge in [-0.3, -0.25) is 4.79 Å². The first kappa shape index (κ1) is 21.6. The van der Waals surface area contributed by atoms with Gasteiger partial charge in [0.05, 0.1) is 22.5 Å². The number of nitrogens with one attached hydrogen (secondary N) is 1. The third-order valence-electron chi connectivity index (χ3n) is 5.09. The normalized spacial score (nSPS) is 12.2. The standard InChI is InChI=1S/C24H20BrClN2O3/c1-13-10-16(23-27-21-18(24(30)28-23)4-3-5-19(21)26)11-14(2)22(13)31-20(12-29)15-6-8-17(25)9-7-15/h3-11,20,29H,12H2,1-2H3,(H,27,28,30). The molecule has 1 unspecified atom stereocenters. The van der Waals surface area contributed by atoms with Gasteiger partial charge in [0.2, 0.25) is 0 Å². The maximum atomic E-state index is 12.5. The number of nitrogens with zero attached hydrogens (tertiary/aromatic N) is 1. The first-order valence-corrected chi connectivity index (χ1v) is 10.9. The van der Waals surface area contributed by atoms with E-state index in [2.05, 4.69) is 25.9 Å². The van der Waals surface area contributed by atoms with Gasteiger partial charge in [-0.1, -0.05) is 45.7 Å². The summed E-state index contributed by atoms with van der Waals surface area (Å²) in [5.41, 5.74) is 3.59. The quantitative estimate of drug-likeness (QED) is 0.367. The van der Waals surface area contributed by atoms with Crippen molar-refractivity contribution in [1.82, 2.24) is 9.97 Å². The van der Waals surface area contributed by atoms with Gasteiger partial charge in [0.1, 0.15) is 17.7 Å². The van der Waals surface area contributed by atoms with Crippen LogP contribution in [0.15, 0.2) is 63.9 Å². The molecule has 1 aromatic heterocycles. The van der Waals surface area contributed by atoms with E-state index < -0.39 is 6.10 Å². The Morgan fingerprint density at radius 1 is 1.13 bits per heavy atom. The summed E-state index contributed by atoms with van der Waals surface area (Å²) < 4.78 is 7.14. The minimum Gasteiger partial charge on any atom is -0.483 e. The Kier molecular flexibility index (Phi) is 6.14. The zero-order valence-electron chi connectivity index (χ0n) is 16.9. The second kappa shape index (κ2) is 8.83. The highest BCUT2D eigenvalue weighted by Gasteiger charge is 2.17. The van der Waals surface area contributed by atoms with Crippen molar-refractivity contribution < 1.29 is 9.84 Å². The van der Waals surface area contributed by atoms with Gasteiger partial charge >= 0.3 is 0 Å². The number of hydrogen-bond donors (Lipinski definition) is 2. The smallest absolute Gasteiger partial charge is 0.259 e. The summed E-state index contributed by atoms with van der Waals surface area (Å²) in [6.45, 7) is 3.70. The van der Waals surface area contributed by atoms with Gasteiger partial charge in [0.25, 0.3) is 5.56 Å². The molecule has 0 radical (unpaired) electrons. The summed E-state index contributed by atoms with van der Waals surface area (Å²) in [6, 6.07) is 16.6. The molecule has 0 aliphatic carbocycles. The van der Waals surface area contributed by atoms with E-state index >= 15 is 0 Å². The number of benzene rings is 3. The molecule has 0 saturated heterocycles. The average molecular weight is 500 g/mol. The molecule has 0 fully saturated rings. The maximum Gasteiger partial charge on any atom is 0.259 e. The summed E-state index contributed by atoms with van der Waals surface area (Å²) in [7, 11) is 0. The van der Waals surface area contributed by atoms with Crippen LogP contribution in [0.1, 0.15) is 22.8 Å². The van der Waals surface area contributed by atoms with Crippen LogP contribution in [-0.2, 0) is 0 Å². The Morgan fingerprint density at radius 3 is 2.45 bits per heavy atom. The van der Waals surface area contributed by atoms with Gasteiger partial charge in [-0.2, -0.15) is 0 Å². The van der Waals surface area contributed by atoms with Crippen LogP contribution in [0, 0.1) is 13.8 Å². The van der Waals surface area contributed by atoms with Gasteiger partial charge in [0, 0.05) is 10.0 Å². The number of aliphatic hydroxyl groups is 1. The first-order valence-electron chi connectivity index (χ1n) is 9.70. The van der Waals surface area contributed by atoms with Crippen LogP contribution in [0.5, 0.6) is 5.75 Å². The molecule has 0 aliphatic heterocycles. The van der Waals surface area contributed by atoms with Crippen LogP contribution in [0.2, 0.25) is 5.02 Å². The fourth-order valence-corrected chi connectivity index (χ4v) is 4.05. The number of rotatable bonds is 5. The lowest BCUT2D eigenvalue weighted by Gasteiger charge is -2.21. The van der Waals surface area contributed by atoms with E-state index in [9.17, 15) is 9.90 Å². The molecule has 4 rings (SSSR count). The number of para-hydroxylation sites is 1. The molecule has 0 bridgehead atoms. The van der Waals surface area contributed by atoms with Crippen molar-refractivity contribution in [2.24, 2.45) is 0 Å². The van der Waals surface area contributed by atoms with Gasteiger partial charge < -0.3 is 14.8 Å². The summed E-state index contributed by atoms with van der Waals surface area (Å²) in [4.78, 5) is 19.9. The average Bonchev–Trinajstić information content (AvgIpc) is 2.75. The van der Waals surface area contributed by atoms with Crippen LogP contribution in [-0.4, -0.2) is 21.7 Å². The molecule has 0 amide bonds. The highest BCUT2D eigenvalue weighted by atomic mass is 79.9. The van der Waals surface area contributed by atoms with Gasteiger partial charge in [-0.25, -0.2) is 4.98 Å². The van der Waals surface area contributed by atoms with E-state index in [1.807, 2.05) is 50.2 Å². The summed E-state index contributed by atoms with van der Waals surface area (Å²) in [5, 5.41) is 10.8. The van der Waals surface area contributed by atoms with Gasteiger partial charge in [0.15, 0.2) is 0 Å². The SMILES string of the molecule is Cc1cc(-c2nc3c(Cl)cccc3c(=O)[nH]2)cc(C)c1OC(CO)c1ccc(Br)cc1. The number of H-pyrrole nitrogens is 1. The summed E-state index contributed by atoms with van der Waals surface area (Å²) >= 11 is 9.67. The molecule has 31 heavy (non-hydrogen) atoms. The number of ether oxygens (including phenoxy) is 1.